The zero-order chi connectivity index (χ0) is 15.3. The maximum absolute atomic E-state index is 13.1. The molecule has 108 valence electrons. The van der Waals surface area contributed by atoms with E-state index >= 15 is 0 Å². The van der Waals surface area contributed by atoms with Gasteiger partial charge in [-0.2, -0.15) is 9.38 Å². The van der Waals surface area contributed by atoms with Gasteiger partial charge in [-0.05, 0) is 41.3 Å². The number of hydrogen-bond donors (Lipinski definition) is 0. The number of para-hydroxylation sites is 1. The lowest BCUT2D eigenvalue weighted by Gasteiger charge is -1.99. The minimum absolute atomic E-state index is 0.0981. The number of imidazole rings is 1. The molecule has 0 radical (unpaired) electrons. The Bertz CT molecular complexity index is 1020. The second-order valence-electron chi connectivity index (χ2n) is 4.74. The number of aromatic nitrogens is 2. The van der Waals surface area contributed by atoms with Crippen molar-refractivity contribution in [2.75, 3.05) is 0 Å². The van der Waals surface area contributed by atoms with Crippen LogP contribution in [0.15, 0.2) is 48.5 Å². The van der Waals surface area contributed by atoms with Crippen LogP contribution in [0.5, 0.6) is 0 Å². The maximum Gasteiger partial charge on any atom is 0.357 e. The predicted molar refractivity (Wildman–Crippen MR) is 82.6 cm³/mol. The topological polar surface area (TPSA) is 60.4 Å². The van der Waals surface area contributed by atoms with Gasteiger partial charge < -0.3 is 10.1 Å². The third-order valence-corrected chi connectivity index (χ3v) is 4.44. The summed E-state index contributed by atoms with van der Waals surface area (Å²) >= 11 is 1.39. The molecule has 2 heterocycles. The largest absolute Gasteiger partial charge is 0.358 e. The second-order valence-corrected chi connectivity index (χ2v) is 5.74. The van der Waals surface area contributed by atoms with Gasteiger partial charge in [0.25, 0.3) is 4.96 Å². The van der Waals surface area contributed by atoms with Crippen LogP contribution in [-0.4, -0.2) is 14.3 Å². The van der Waals surface area contributed by atoms with Crippen LogP contribution < -0.4 is 0 Å². The highest BCUT2D eigenvalue weighted by atomic mass is 32.1. The molecule has 0 unspecified atom stereocenters. The van der Waals surface area contributed by atoms with Crippen LogP contribution in [0.4, 0.5) is 10.2 Å². The van der Waals surface area contributed by atoms with E-state index in [-0.39, 0.29) is 11.5 Å². The number of thiazole rings is 1. The molecule has 0 fully saturated rings. The Morgan fingerprint density at radius 3 is 2.59 bits per heavy atom. The fourth-order valence-corrected chi connectivity index (χ4v) is 3.49. The smallest absolute Gasteiger partial charge is 0.357 e. The quantitative estimate of drug-likeness (QED) is 0.410. The Morgan fingerprint density at radius 1 is 1.14 bits per heavy atom. The molecule has 0 saturated carbocycles. The maximum atomic E-state index is 13.1. The molecule has 2 aromatic heterocycles. The van der Waals surface area contributed by atoms with Crippen molar-refractivity contribution < 1.29 is 9.31 Å². The van der Waals surface area contributed by atoms with Crippen molar-refractivity contribution in [3.63, 3.8) is 0 Å². The van der Waals surface area contributed by atoms with Gasteiger partial charge in [0.2, 0.25) is 0 Å². The van der Waals surface area contributed by atoms with Gasteiger partial charge in [0.05, 0.1) is 4.70 Å². The SMILES string of the molecule is O=[N+]([O-])c1c(-c2ccc(F)cc2)nc2sc3ccccc3n12. The fourth-order valence-electron chi connectivity index (χ4n) is 2.47. The number of rotatable bonds is 2. The van der Waals surface area contributed by atoms with Crippen molar-refractivity contribution in [3.05, 3.63) is 64.5 Å². The summed E-state index contributed by atoms with van der Waals surface area (Å²) in [5, 5.41) is 11.6. The Balaban J connectivity index is 2.09. The van der Waals surface area contributed by atoms with Crippen LogP contribution in [0.2, 0.25) is 0 Å². The van der Waals surface area contributed by atoms with Gasteiger partial charge in [-0.3, -0.25) is 0 Å². The third kappa shape index (κ3) is 1.79. The van der Waals surface area contributed by atoms with E-state index < -0.39 is 10.7 Å². The summed E-state index contributed by atoms with van der Waals surface area (Å²) in [5.41, 5.74) is 1.52. The van der Waals surface area contributed by atoms with E-state index in [9.17, 15) is 14.5 Å². The summed E-state index contributed by atoms with van der Waals surface area (Å²) in [7, 11) is 0. The monoisotopic (exact) mass is 313 g/mol. The van der Waals surface area contributed by atoms with Crippen LogP contribution in [-0.2, 0) is 0 Å². The second kappa shape index (κ2) is 4.60. The third-order valence-electron chi connectivity index (χ3n) is 3.42. The fraction of sp³-hybridized carbons (Fsp3) is 0. The van der Waals surface area contributed by atoms with Gasteiger partial charge in [0, 0.05) is 5.56 Å². The molecule has 22 heavy (non-hydrogen) atoms. The van der Waals surface area contributed by atoms with Gasteiger partial charge in [-0.15, -0.1) is 0 Å². The first-order valence-corrected chi connectivity index (χ1v) is 7.27. The van der Waals surface area contributed by atoms with Gasteiger partial charge in [-0.1, -0.05) is 23.5 Å². The number of nitro groups is 1. The molecule has 5 nitrogen and oxygen atoms in total. The van der Waals surface area contributed by atoms with E-state index in [2.05, 4.69) is 4.98 Å². The highest BCUT2D eigenvalue weighted by molar-refractivity contribution is 7.23. The molecule has 2 aromatic carbocycles. The first-order valence-electron chi connectivity index (χ1n) is 6.45. The number of nitrogens with zero attached hydrogens (tertiary/aromatic N) is 3. The van der Waals surface area contributed by atoms with Crippen molar-refractivity contribution in [3.8, 4) is 11.3 Å². The van der Waals surface area contributed by atoms with Gasteiger partial charge in [0.1, 0.15) is 5.82 Å². The van der Waals surface area contributed by atoms with E-state index in [4.69, 9.17) is 0 Å². The van der Waals surface area contributed by atoms with E-state index in [1.54, 1.807) is 4.40 Å². The number of halogens is 1. The molecule has 0 aliphatic rings. The number of hydrogen-bond acceptors (Lipinski definition) is 4. The van der Waals surface area contributed by atoms with Crippen molar-refractivity contribution in [1.82, 2.24) is 9.38 Å². The predicted octanol–water partition coefficient (Wildman–Crippen LogP) is 4.26. The molecule has 0 spiro atoms. The van der Waals surface area contributed by atoms with E-state index in [0.29, 0.717) is 10.5 Å². The molecule has 0 saturated heterocycles. The Morgan fingerprint density at radius 2 is 1.86 bits per heavy atom. The zero-order valence-corrected chi connectivity index (χ0v) is 11.9. The lowest BCUT2D eigenvalue weighted by atomic mass is 10.1. The van der Waals surface area contributed by atoms with Crippen LogP contribution >= 0.6 is 11.3 Å². The molecule has 0 aliphatic heterocycles. The normalized spacial score (nSPS) is 11.3. The summed E-state index contributed by atoms with van der Waals surface area (Å²) in [6.45, 7) is 0. The highest BCUT2D eigenvalue weighted by Crippen LogP contribution is 2.36. The summed E-state index contributed by atoms with van der Waals surface area (Å²) in [6, 6.07) is 13.0. The van der Waals surface area contributed by atoms with Crippen LogP contribution in [0.1, 0.15) is 0 Å². The Hall–Kier alpha value is -2.80. The molecule has 0 aliphatic carbocycles. The first-order chi connectivity index (χ1) is 10.6. The van der Waals surface area contributed by atoms with Crippen molar-refractivity contribution in [2.24, 2.45) is 0 Å². The average molecular weight is 313 g/mol. The summed E-state index contributed by atoms with van der Waals surface area (Å²) in [6.07, 6.45) is 0. The standard InChI is InChI=1S/C15H8FN3O2S/c16-10-7-5-9(6-8-10)13-14(19(20)21)18-11-3-1-2-4-12(11)22-15(18)17-13/h1-8H. The molecule has 0 amide bonds. The van der Waals surface area contributed by atoms with Gasteiger partial charge in [0.15, 0.2) is 11.2 Å². The molecule has 0 bridgehead atoms. The number of fused-ring (bicyclic) bond motifs is 3. The molecule has 0 atom stereocenters. The molecular formula is C15H8FN3O2S. The lowest BCUT2D eigenvalue weighted by molar-refractivity contribution is -0.389. The van der Waals surface area contributed by atoms with Crippen LogP contribution in [0.3, 0.4) is 0 Å². The average Bonchev–Trinajstić information content (AvgIpc) is 3.03. The highest BCUT2D eigenvalue weighted by Gasteiger charge is 2.27. The van der Waals surface area contributed by atoms with Gasteiger partial charge >= 0.3 is 5.82 Å². The summed E-state index contributed by atoms with van der Waals surface area (Å²) < 4.78 is 15.5. The zero-order valence-electron chi connectivity index (χ0n) is 11.1. The van der Waals surface area contributed by atoms with Crippen molar-refractivity contribution >= 4 is 32.3 Å². The minimum atomic E-state index is -0.447. The Kier molecular flexibility index (Phi) is 2.70. The van der Waals surface area contributed by atoms with Crippen LogP contribution in [0, 0.1) is 15.9 Å². The van der Waals surface area contributed by atoms with E-state index in [1.807, 2.05) is 24.3 Å². The summed E-state index contributed by atoms with van der Waals surface area (Å²) in [4.78, 5) is 16.0. The van der Waals surface area contributed by atoms with E-state index in [0.717, 1.165) is 10.2 Å². The lowest BCUT2D eigenvalue weighted by Crippen LogP contribution is -1.95. The van der Waals surface area contributed by atoms with Gasteiger partial charge in [-0.25, -0.2) is 4.39 Å². The molecule has 4 aromatic rings. The molecule has 0 N–H and O–H groups in total. The van der Waals surface area contributed by atoms with Crippen molar-refractivity contribution in [2.45, 2.75) is 0 Å². The molecular weight excluding hydrogens is 305 g/mol. The first kappa shape index (κ1) is 12.9. The van der Waals surface area contributed by atoms with E-state index in [1.165, 1.54) is 35.6 Å². The molecule has 7 heteroatoms. The van der Waals surface area contributed by atoms with Crippen LogP contribution in [0.25, 0.3) is 26.4 Å². The Labute approximate surface area is 127 Å². The molecule has 4 rings (SSSR count). The minimum Gasteiger partial charge on any atom is -0.358 e. The summed E-state index contributed by atoms with van der Waals surface area (Å²) in [5.74, 6) is -0.489. The van der Waals surface area contributed by atoms with Crippen molar-refractivity contribution in [1.29, 1.82) is 0 Å². The number of benzene rings is 2.